The van der Waals surface area contributed by atoms with Crippen molar-refractivity contribution in [2.75, 3.05) is 16.8 Å². The van der Waals surface area contributed by atoms with Crippen LogP contribution in [0, 0.1) is 0 Å². The van der Waals surface area contributed by atoms with Gasteiger partial charge in [0, 0.05) is 5.92 Å². The second-order valence-electron chi connectivity index (χ2n) is 10.3. The number of benzene rings is 1. The smallest absolute Gasteiger partial charge is 0.236 e. The quantitative estimate of drug-likeness (QED) is 0.452. The number of amides is 1. The number of thioether (sulfide) groups is 1. The van der Waals surface area contributed by atoms with Gasteiger partial charge in [0.25, 0.3) is 0 Å². The van der Waals surface area contributed by atoms with Crippen LogP contribution in [0.3, 0.4) is 0 Å². The fraction of sp³-hybridized carbons (Fsp3) is 0.625. The summed E-state index contributed by atoms with van der Waals surface area (Å²) in [4.78, 5) is 12.2. The summed E-state index contributed by atoms with van der Waals surface area (Å²) >= 11 is 3.06. The minimum atomic E-state index is -0.118. The molecule has 1 aromatic heterocycles. The number of phenolic OH excluding ortho intramolecular Hbond substituents is 1. The molecule has 0 saturated heterocycles. The van der Waals surface area contributed by atoms with Crippen molar-refractivity contribution in [3.63, 3.8) is 0 Å². The Bertz CT molecular complexity index is 858. The highest BCUT2D eigenvalue weighted by atomic mass is 32.2. The third kappa shape index (κ3) is 7.49. The molecule has 0 aliphatic carbocycles. The Morgan fingerprint density at radius 1 is 1.10 bits per heavy atom. The molecule has 5 nitrogen and oxygen atoms in total. The maximum Gasteiger partial charge on any atom is 0.236 e. The number of nitrogens with one attached hydrogen (secondary N) is 1. The lowest BCUT2D eigenvalue weighted by atomic mass is 9.78. The van der Waals surface area contributed by atoms with Crippen molar-refractivity contribution in [3.8, 4) is 5.75 Å². The molecule has 0 radical (unpaired) electrons. The molecule has 0 spiro atoms. The van der Waals surface area contributed by atoms with Crippen LogP contribution < -0.4 is 5.32 Å². The second-order valence-corrected chi connectivity index (χ2v) is 12.5. The van der Waals surface area contributed by atoms with Gasteiger partial charge in [0.15, 0.2) is 0 Å². The molecule has 1 aromatic carbocycles. The average Bonchev–Trinajstić information content (AvgIpc) is 3.09. The number of aryl methyl sites for hydroxylation is 1. The lowest BCUT2D eigenvalue weighted by Crippen LogP contribution is -2.18. The zero-order chi connectivity index (χ0) is 23.4. The van der Waals surface area contributed by atoms with E-state index in [9.17, 15) is 9.90 Å². The van der Waals surface area contributed by atoms with E-state index in [-0.39, 0.29) is 16.7 Å². The van der Waals surface area contributed by atoms with E-state index < -0.39 is 0 Å². The maximum atomic E-state index is 12.2. The van der Waals surface area contributed by atoms with Crippen LogP contribution >= 0.6 is 23.1 Å². The molecule has 172 valence electrons. The van der Waals surface area contributed by atoms with Crippen LogP contribution in [0.25, 0.3) is 0 Å². The van der Waals surface area contributed by atoms with Crippen LogP contribution in [0.1, 0.15) is 89.4 Å². The number of carbonyl (C=O) groups excluding carboxylic acids is 1. The van der Waals surface area contributed by atoms with E-state index in [0.717, 1.165) is 34.7 Å². The molecule has 31 heavy (non-hydrogen) atoms. The maximum absolute atomic E-state index is 12.2. The molecule has 2 aromatic rings. The Morgan fingerprint density at radius 2 is 1.68 bits per heavy atom. The summed E-state index contributed by atoms with van der Waals surface area (Å²) in [5.74, 6) is 2.01. The summed E-state index contributed by atoms with van der Waals surface area (Å²) in [6.45, 7) is 16.9. The van der Waals surface area contributed by atoms with Crippen LogP contribution in [0.4, 0.5) is 5.13 Å². The van der Waals surface area contributed by atoms with E-state index in [1.165, 1.54) is 16.9 Å². The second kappa shape index (κ2) is 10.3. The predicted molar refractivity (Wildman–Crippen MR) is 134 cm³/mol. The van der Waals surface area contributed by atoms with Gasteiger partial charge in [-0.05, 0) is 46.1 Å². The summed E-state index contributed by atoms with van der Waals surface area (Å²) in [7, 11) is 0. The molecule has 0 atom stereocenters. The molecular weight excluding hydrogens is 426 g/mol. The molecule has 0 saturated carbocycles. The molecule has 2 N–H and O–H groups in total. The van der Waals surface area contributed by atoms with E-state index in [4.69, 9.17) is 0 Å². The summed E-state index contributed by atoms with van der Waals surface area (Å²) in [6, 6.07) is 4.29. The van der Waals surface area contributed by atoms with Gasteiger partial charge in [-0.1, -0.05) is 78.9 Å². The van der Waals surface area contributed by atoms with Crippen molar-refractivity contribution < 1.29 is 9.90 Å². The molecule has 2 rings (SSSR count). The van der Waals surface area contributed by atoms with Crippen LogP contribution in [0.5, 0.6) is 5.75 Å². The van der Waals surface area contributed by atoms with Crippen LogP contribution in [-0.4, -0.2) is 32.7 Å². The number of hydrogen-bond donors (Lipinski definition) is 2. The van der Waals surface area contributed by atoms with Crippen molar-refractivity contribution in [1.82, 2.24) is 10.2 Å². The predicted octanol–water partition coefficient (Wildman–Crippen LogP) is 6.27. The molecule has 1 heterocycles. The van der Waals surface area contributed by atoms with Gasteiger partial charge in [-0.15, -0.1) is 10.2 Å². The average molecular weight is 464 g/mol. The lowest BCUT2D eigenvalue weighted by Gasteiger charge is -2.28. The fourth-order valence-electron chi connectivity index (χ4n) is 3.20. The number of phenols is 1. The normalized spacial score (nSPS) is 12.4. The Balaban J connectivity index is 1.89. The molecule has 0 bridgehead atoms. The van der Waals surface area contributed by atoms with Gasteiger partial charge in [-0.2, -0.15) is 11.8 Å². The summed E-state index contributed by atoms with van der Waals surface area (Å²) in [5, 5.41) is 23.3. The molecule has 7 heteroatoms. The Kier molecular flexibility index (Phi) is 8.56. The van der Waals surface area contributed by atoms with Gasteiger partial charge in [0.2, 0.25) is 11.0 Å². The first-order valence-electron chi connectivity index (χ1n) is 10.9. The molecule has 0 aliphatic rings. The van der Waals surface area contributed by atoms with Crippen LogP contribution in [-0.2, 0) is 22.0 Å². The van der Waals surface area contributed by atoms with Gasteiger partial charge in [-0.3, -0.25) is 10.1 Å². The number of rotatable bonds is 8. The molecule has 1 amide bonds. The van der Waals surface area contributed by atoms with Gasteiger partial charge in [0.1, 0.15) is 10.8 Å². The number of hydrogen-bond acceptors (Lipinski definition) is 6. The zero-order valence-corrected chi connectivity index (χ0v) is 21.8. The van der Waals surface area contributed by atoms with E-state index in [1.807, 2.05) is 0 Å². The minimum Gasteiger partial charge on any atom is -0.507 e. The summed E-state index contributed by atoms with van der Waals surface area (Å²) in [6.07, 6.45) is 1.90. The first-order chi connectivity index (χ1) is 14.3. The van der Waals surface area contributed by atoms with E-state index in [0.29, 0.717) is 22.6 Å². The first kappa shape index (κ1) is 25.7. The van der Waals surface area contributed by atoms with Crippen molar-refractivity contribution in [2.24, 2.45) is 0 Å². The van der Waals surface area contributed by atoms with Gasteiger partial charge in [0.05, 0.1) is 5.75 Å². The van der Waals surface area contributed by atoms with Gasteiger partial charge >= 0.3 is 0 Å². The van der Waals surface area contributed by atoms with Gasteiger partial charge < -0.3 is 5.11 Å². The molecule has 0 fully saturated rings. The van der Waals surface area contributed by atoms with Crippen molar-refractivity contribution in [2.45, 2.75) is 85.0 Å². The topological polar surface area (TPSA) is 75.1 Å². The SMILES string of the molecule is CC(C)c1nnc(NC(=O)CSCCCc2cc(C(C)(C)C)c(O)c(C(C)(C)C)c2)s1. The number of nitrogens with zero attached hydrogens (tertiary/aromatic N) is 2. The number of carbonyl (C=O) groups is 1. The number of aromatic nitrogens is 2. The Hall–Kier alpha value is -1.60. The Labute approximate surface area is 195 Å². The van der Waals surface area contributed by atoms with Crippen molar-refractivity contribution in [1.29, 1.82) is 0 Å². The largest absolute Gasteiger partial charge is 0.507 e. The third-order valence-corrected chi connectivity index (χ3v) is 7.14. The molecule has 0 unspecified atom stereocenters. The van der Waals surface area contributed by atoms with E-state index in [1.54, 1.807) is 11.8 Å². The van der Waals surface area contributed by atoms with Crippen molar-refractivity contribution in [3.05, 3.63) is 33.8 Å². The Morgan fingerprint density at radius 3 is 2.16 bits per heavy atom. The number of anilines is 1. The highest BCUT2D eigenvalue weighted by Gasteiger charge is 2.26. The van der Waals surface area contributed by atoms with E-state index >= 15 is 0 Å². The van der Waals surface area contributed by atoms with Crippen molar-refractivity contribution >= 4 is 34.1 Å². The highest BCUT2D eigenvalue weighted by molar-refractivity contribution is 7.99. The molecule has 0 aliphatic heterocycles. The monoisotopic (exact) mass is 463 g/mol. The van der Waals surface area contributed by atoms with E-state index in [2.05, 4.69) is 83.0 Å². The standard InChI is InChI=1S/C24H37N3O2S2/c1-15(2)21-26-27-22(31-21)25-19(28)14-30-11-9-10-16-12-17(23(3,4)5)20(29)18(13-16)24(6,7)8/h12-13,15,29H,9-11,14H2,1-8H3,(H,25,27,28). The van der Waals surface area contributed by atoms with Gasteiger partial charge in [-0.25, -0.2) is 0 Å². The van der Waals surface area contributed by atoms with Crippen LogP contribution in [0.15, 0.2) is 12.1 Å². The molecular formula is C24H37N3O2S2. The fourth-order valence-corrected chi connectivity index (χ4v) is 4.71. The third-order valence-electron chi connectivity index (χ3n) is 4.95. The zero-order valence-electron chi connectivity index (χ0n) is 20.1. The highest BCUT2D eigenvalue weighted by Crippen LogP contribution is 2.40. The first-order valence-corrected chi connectivity index (χ1v) is 12.8. The summed E-state index contributed by atoms with van der Waals surface area (Å²) in [5.41, 5.74) is 3.01. The van der Waals surface area contributed by atoms with Crippen LogP contribution in [0.2, 0.25) is 0 Å². The summed E-state index contributed by atoms with van der Waals surface area (Å²) < 4.78 is 0. The lowest BCUT2D eigenvalue weighted by molar-refractivity contribution is -0.113. The minimum absolute atomic E-state index is 0.0360. The number of aromatic hydroxyl groups is 1.